The van der Waals surface area contributed by atoms with Crippen molar-refractivity contribution in [1.82, 2.24) is 9.97 Å². The van der Waals surface area contributed by atoms with Crippen LogP contribution in [-0.4, -0.2) is 35.0 Å². The van der Waals surface area contributed by atoms with Crippen molar-refractivity contribution < 1.29 is 4.74 Å². The number of anilines is 1. The summed E-state index contributed by atoms with van der Waals surface area (Å²) in [6.45, 7) is 6.58. The fourth-order valence-electron chi connectivity index (χ4n) is 1.29. The van der Waals surface area contributed by atoms with Crippen LogP contribution in [0.1, 0.15) is 20.8 Å². The van der Waals surface area contributed by atoms with Gasteiger partial charge < -0.3 is 9.64 Å². The Morgan fingerprint density at radius 3 is 2.62 bits per heavy atom. The summed E-state index contributed by atoms with van der Waals surface area (Å²) in [6, 6.07) is 0. The van der Waals surface area contributed by atoms with Gasteiger partial charge in [0, 0.05) is 19.0 Å². The van der Waals surface area contributed by atoms with Gasteiger partial charge in [-0.05, 0) is 20.8 Å². The molecule has 1 aromatic heterocycles. The average Bonchev–Trinajstić information content (AvgIpc) is 2.16. The lowest BCUT2D eigenvalue weighted by Gasteiger charge is -2.19. The Hall–Kier alpha value is -1.03. The smallest absolute Gasteiger partial charge is 0.234 e. The zero-order valence-corrected chi connectivity index (χ0v) is 10.9. The van der Waals surface area contributed by atoms with Crippen LogP contribution in [0.2, 0.25) is 0 Å². The quantitative estimate of drug-likeness (QED) is 0.744. The Balaban J connectivity index is 2.73. The molecule has 1 unspecified atom stereocenters. The molecule has 16 heavy (non-hydrogen) atoms. The Kier molecular flexibility index (Phi) is 4.80. The maximum Gasteiger partial charge on any atom is 0.234 e. The zero-order valence-electron chi connectivity index (χ0n) is 10.1. The summed E-state index contributed by atoms with van der Waals surface area (Å²) >= 11 is 5.93. The molecule has 4 nitrogen and oxygen atoms in total. The fraction of sp³-hybridized carbons (Fsp3) is 0.636. The largest absolute Gasteiger partial charge is 0.474 e. The number of aromatic nitrogens is 2. The Morgan fingerprint density at radius 2 is 2.06 bits per heavy atom. The van der Waals surface area contributed by atoms with Gasteiger partial charge in [-0.2, -0.15) is 4.98 Å². The van der Waals surface area contributed by atoms with Gasteiger partial charge in [-0.3, -0.25) is 4.98 Å². The minimum absolute atomic E-state index is 0.0708. The number of halogens is 1. The van der Waals surface area contributed by atoms with Gasteiger partial charge in [-0.15, -0.1) is 11.6 Å². The summed E-state index contributed by atoms with van der Waals surface area (Å²) in [5.74, 6) is 1.31. The van der Waals surface area contributed by atoms with Crippen LogP contribution in [0, 0.1) is 0 Å². The number of hydrogen-bond acceptors (Lipinski definition) is 4. The highest BCUT2D eigenvalue weighted by Gasteiger charge is 2.08. The van der Waals surface area contributed by atoms with E-state index in [0.717, 1.165) is 12.4 Å². The van der Waals surface area contributed by atoms with E-state index in [1.807, 2.05) is 32.7 Å². The molecule has 1 aromatic rings. The SMILES string of the molecule is CC(Cl)CN(C)c1cncc(OC(C)C)n1. The maximum atomic E-state index is 5.93. The molecule has 0 saturated carbocycles. The summed E-state index contributed by atoms with van der Waals surface area (Å²) in [4.78, 5) is 10.4. The van der Waals surface area contributed by atoms with Crippen LogP contribution in [0.25, 0.3) is 0 Å². The molecule has 1 heterocycles. The molecule has 90 valence electrons. The molecule has 0 saturated heterocycles. The lowest BCUT2D eigenvalue weighted by molar-refractivity contribution is 0.231. The molecule has 0 aliphatic rings. The number of nitrogens with zero attached hydrogens (tertiary/aromatic N) is 3. The van der Waals surface area contributed by atoms with Crippen molar-refractivity contribution in [2.75, 3.05) is 18.5 Å². The van der Waals surface area contributed by atoms with Crippen molar-refractivity contribution in [3.05, 3.63) is 12.4 Å². The highest BCUT2D eigenvalue weighted by Crippen LogP contribution is 2.14. The van der Waals surface area contributed by atoms with Crippen molar-refractivity contribution >= 4 is 17.4 Å². The third-order valence-corrected chi connectivity index (χ3v) is 2.01. The third kappa shape index (κ3) is 4.23. The first-order valence-electron chi connectivity index (χ1n) is 5.33. The first-order valence-corrected chi connectivity index (χ1v) is 5.76. The molecule has 1 rings (SSSR count). The van der Waals surface area contributed by atoms with E-state index in [1.165, 1.54) is 0 Å². The Labute approximate surface area is 102 Å². The van der Waals surface area contributed by atoms with Gasteiger partial charge >= 0.3 is 0 Å². The molecule has 0 N–H and O–H groups in total. The minimum atomic E-state index is 0.0708. The van der Waals surface area contributed by atoms with E-state index in [9.17, 15) is 0 Å². The number of rotatable bonds is 5. The van der Waals surface area contributed by atoms with E-state index >= 15 is 0 Å². The second-order valence-electron chi connectivity index (χ2n) is 4.04. The predicted octanol–water partition coefficient (Wildman–Crippen LogP) is 2.33. The van der Waals surface area contributed by atoms with Crippen LogP contribution in [0.15, 0.2) is 12.4 Å². The van der Waals surface area contributed by atoms with Crippen molar-refractivity contribution in [3.8, 4) is 5.88 Å². The van der Waals surface area contributed by atoms with Crippen LogP contribution < -0.4 is 9.64 Å². The van der Waals surface area contributed by atoms with Crippen LogP contribution in [-0.2, 0) is 0 Å². The van der Waals surface area contributed by atoms with Crippen LogP contribution >= 0.6 is 11.6 Å². The first kappa shape index (κ1) is 13.0. The molecule has 0 fully saturated rings. The minimum Gasteiger partial charge on any atom is -0.474 e. The van der Waals surface area contributed by atoms with Crippen molar-refractivity contribution in [2.45, 2.75) is 32.3 Å². The summed E-state index contributed by atoms with van der Waals surface area (Å²) in [6.07, 6.45) is 3.41. The normalized spacial score (nSPS) is 12.6. The number of alkyl halides is 1. The molecular formula is C11H18ClN3O. The summed E-state index contributed by atoms with van der Waals surface area (Å²) < 4.78 is 5.48. The van der Waals surface area contributed by atoms with Crippen molar-refractivity contribution in [3.63, 3.8) is 0 Å². The first-order chi connectivity index (χ1) is 7.49. The fourth-order valence-corrected chi connectivity index (χ4v) is 1.50. The van der Waals surface area contributed by atoms with Gasteiger partial charge in [0.2, 0.25) is 5.88 Å². The van der Waals surface area contributed by atoms with Gasteiger partial charge in [0.1, 0.15) is 0 Å². The molecule has 0 aliphatic heterocycles. The van der Waals surface area contributed by atoms with Crippen molar-refractivity contribution in [2.24, 2.45) is 0 Å². The summed E-state index contributed by atoms with van der Waals surface area (Å²) in [5.41, 5.74) is 0. The lowest BCUT2D eigenvalue weighted by Crippen LogP contribution is -2.25. The van der Waals surface area contributed by atoms with Crippen molar-refractivity contribution in [1.29, 1.82) is 0 Å². The highest BCUT2D eigenvalue weighted by atomic mass is 35.5. The van der Waals surface area contributed by atoms with E-state index in [2.05, 4.69) is 9.97 Å². The molecule has 0 spiro atoms. The van der Waals surface area contributed by atoms with Gasteiger partial charge in [0.25, 0.3) is 0 Å². The van der Waals surface area contributed by atoms with E-state index < -0.39 is 0 Å². The standard InChI is InChI=1S/C11H18ClN3O/c1-8(2)16-11-6-13-5-10(14-11)15(4)7-9(3)12/h5-6,8-9H,7H2,1-4H3. The third-order valence-electron chi connectivity index (χ3n) is 1.87. The maximum absolute atomic E-state index is 5.93. The molecule has 0 bridgehead atoms. The van der Waals surface area contributed by atoms with Gasteiger partial charge in [0.15, 0.2) is 5.82 Å². The second kappa shape index (κ2) is 5.89. The Morgan fingerprint density at radius 1 is 1.38 bits per heavy atom. The molecule has 0 aromatic carbocycles. The van der Waals surface area contributed by atoms with E-state index in [1.54, 1.807) is 12.4 Å². The summed E-state index contributed by atoms with van der Waals surface area (Å²) in [5, 5.41) is 0.0708. The van der Waals surface area contributed by atoms with Gasteiger partial charge in [-0.1, -0.05) is 0 Å². The lowest BCUT2D eigenvalue weighted by atomic mass is 10.4. The van der Waals surface area contributed by atoms with Gasteiger partial charge in [-0.25, -0.2) is 0 Å². The van der Waals surface area contributed by atoms with Crippen LogP contribution in [0.3, 0.4) is 0 Å². The zero-order chi connectivity index (χ0) is 12.1. The summed E-state index contributed by atoms with van der Waals surface area (Å²) in [7, 11) is 1.93. The highest BCUT2D eigenvalue weighted by molar-refractivity contribution is 6.20. The molecule has 1 atom stereocenters. The topological polar surface area (TPSA) is 38.2 Å². The number of ether oxygens (including phenoxy) is 1. The van der Waals surface area contributed by atoms with Crippen LogP contribution in [0.4, 0.5) is 5.82 Å². The van der Waals surface area contributed by atoms with Crippen LogP contribution in [0.5, 0.6) is 5.88 Å². The van der Waals surface area contributed by atoms with E-state index in [4.69, 9.17) is 16.3 Å². The monoisotopic (exact) mass is 243 g/mol. The second-order valence-corrected chi connectivity index (χ2v) is 4.79. The molecule has 5 heteroatoms. The number of hydrogen-bond donors (Lipinski definition) is 0. The average molecular weight is 244 g/mol. The molecule has 0 radical (unpaired) electrons. The predicted molar refractivity (Wildman–Crippen MR) is 66.4 cm³/mol. The Bertz CT molecular complexity index is 331. The van der Waals surface area contributed by atoms with Gasteiger partial charge in [0.05, 0.1) is 18.5 Å². The van der Waals surface area contributed by atoms with E-state index in [-0.39, 0.29) is 11.5 Å². The van der Waals surface area contributed by atoms with E-state index in [0.29, 0.717) is 5.88 Å². The molecule has 0 amide bonds. The molecule has 0 aliphatic carbocycles. The molecular weight excluding hydrogens is 226 g/mol.